The van der Waals surface area contributed by atoms with Gasteiger partial charge in [-0.3, -0.25) is 0 Å². The Morgan fingerprint density at radius 2 is 1.62 bits per heavy atom. The second-order valence-electron chi connectivity index (χ2n) is 3.29. The van der Waals surface area contributed by atoms with Crippen molar-refractivity contribution < 1.29 is 13.9 Å². The molecule has 0 heterocycles. The SMILES string of the molecule is Oc1ccc(-c2ccc(F)cc2Cl)c(F)c1. The third-order valence-corrected chi connectivity index (χ3v) is 2.49. The molecular weight excluding hydrogens is 234 g/mol. The maximum atomic E-state index is 13.5. The quantitative estimate of drug-likeness (QED) is 0.799. The zero-order valence-electron chi connectivity index (χ0n) is 8.05. The molecule has 0 radical (unpaired) electrons. The van der Waals surface area contributed by atoms with Crippen LogP contribution in [0.1, 0.15) is 0 Å². The van der Waals surface area contributed by atoms with E-state index in [4.69, 9.17) is 16.7 Å². The summed E-state index contributed by atoms with van der Waals surface area (Å²) < 4.78 is 26.3. The normalized spacial score (nSPS) is 10.4. The summed E-state index contributed by atoms with van der Waals surface area (Å²) in [5.74, 6) is -1.25. The van der Waals surface area contributed by atoms with Crippen LogP contribution >= 0.6 is 11.6 Å². The van der Waals surface area contributed by atoms with Crippen LogP contribution in [0.2, 0.25) is 5.02 Å². The highest BCUT2D eigenvalue weighted by atomic mass is 35.5. The molecule has 0 saturated heterocycles. The molecule has 0 aliphatic heterocycles. The van der Waals surface area contributed by atoms with E-state index < -0.39 is 11.6 Å². The molecule has 0 fully saturated rings. The molecule has 0 aromatic heterocycles. The number of rotatable bonds is 1. The molecular formula is C12H7ClF2O. The molecule has 16 heavy (non-hydrogen) atoms. The average Bonchev–Trinajstić information content (AvgIpc) is 2.19. The van der Waals surface area contributed by atoms with Crippen LogP contribution < -0.4 is 0 Å². The van der Waals surface area contributed by atoms with Gasteiger partial charge < -0.3 is 5.11 Å². The largest absolute Gasteiger partial charge is 0.508 e. The Morgan fingerprint density at radius 1 is 0.938 bits per heavy atom. The molecule has 2 rings (SSSR count). The van der Waals surface area contributed by atoms with Gasteiger partial charge in [-0.2, -0.15) is 0 Å². The highest BCUT2D eigenvalue weighted by molar-refractivity contribution is 6.33. The summed E-state index contributed by atoms with van der Waals surface area (Å²) in [5.41, 5.74) is 0.614. The van der Waals surface area contributed by atoms with Gasteiger partial charge in [0.05, 0.1) is 5.02 Å². The van der Waals surface area contributed by atoms with Crippen molar-refractivity contribution >= 4 is 11.6 Å². The molecule has 1 nitrogen and oxygen atoms in total. The lowest BCUT2D eigenvalue weighted by molar-refractivity contribution is 0.469. The first-order chi connectivity index (χ1) is 7.58. The fourth-order valence-electron chi connectivity index (χ4n) is 1.43. The van der Waals surface area contributed by atoms with Crippen molar-refractivity contribution in [3.8, 4) is 16.9 Å². The van der Waals surface area contributed by atoms with E-state index >= 15 is 0 Å². The fourth-order valence-corrected chi connectivity index (χ4v) is 1.70. The summed E-state index contributed by atoms with van der Waals surface area (Å²) in [5, 5.41) is 9.19. The van der Waals surface area contributed by atoms with Gasteiger partial charge in [-0.1, -0.05) is 11.6 Å². The van der Waals surface area contributed by atoms with Crippen LogP contribution in [0.4, 0.5) is 8.78 Å². The summed E-state index contributed by atoms with van der Waals surface area (Å²) in [4.78, 5) is 0. The first-order valence-corrected chi connectivity index (χ1v) is 4.89. The molecule has 1 N–H and O–H groups in total. The van der Waals surface area contributed by atoms with Gasteiger partial charge in [0.1, 0.15) is 17.4 Å². The van der Waals surface area contributed by atoms with E-state index in [1.54, 1.807) is 0 Å². The van der Waals surface area contributed by atoms with Gasteiger partial charge in [0.25, 0.3) is 0 Å². The van der Waals surface area contributed by atoms with Gasteiger partial charge >= 0.3 is 0 Å². The molecule has 0 unspecified atom stereocenters. The molecule has 0 atom stereocenters. The summed E-state index contributed by atoms with van der Waals surface area (Å²) in [6.07, 6.45) is 0. The third-order valence-electron chi connectivity index (χ3n) is 2.17. The number of benzene rings is 2. The van der Waals surface area contributed by atoms with Crippen LogP contribution in [0.15, 0.2) is 36.4 Å². The van der Waals surface area contributed by atoms with E-state index in [1.165, 1.54) is 24.3 Å². The van der Waals surface area contributed by atoms with E-state index in [0.29, 0.717) is 5.56 Å². The van der Waals surface area contributed by atoms with E-state index in [2.05, 4.69) is 0 Å². The van der Waals surface area contributed by atoms with Crippen molar-refractivity contribution in [3.05, 3.63) is 53.1 Å². The van der Waals surface area contributed by atoms with Crippen molar-refractivity contribution in [2.24, 2.45) is 0 Å². The molecule has 0 spiro atoms. The maximum Gasteiger partial charge on any atom is 0.134 e. The second kappa shape index (κ2) is 4.10. The number of aromatic hydroxyl groups is 1. The van der Waals surface area contributed by atoms with Crippen LogP contribution in [0, 0.1) is 11.6 Å². The summed E-state index contributed by atoms with van der Waals surface area (Å²) in [6.45, 7) is 0. The molecule has 0 bridgehead atoms. The zero-order chi connectivity index (χ0) is 11.7. The standard InChI is InChI=1S/C12H7ClF2O/c13-11-5-7(14)1-3-9(11)10-4-2-8(16)6-12(10)15/h1-6,16H. The minimum absolute atomic E-state index is 0.129. The minimum Gasteiger partial charge on any atom is -0.508 e. The zero-order valence-corrected chi connectivity index (χ0v) is 8.80. The number of halogens is 3. The fraction of sp³-hybridized carbons (Fsp3) is 0. The van der Waals surface area contributed by atoms with Crippen LogP contribution in [0.5, 0.6) is 5.75 Å². The highest BCUT2D eigenvalue weighted by Gasteiger charge is 2.10. The Labute approximate surface area is 95.9 Å². The molecule has 4 heteroatoms. The van der Waals surface area contributed by atoms with Gasteiger partial charge in [0, 0.05) is 17.2 Å². The maximum absolute atomic E-state index is 13.5. The molecule has 0 aliphatic rings. The number of phenolic OH excluding ortho intramolecular Hbond substituents is 1. The Kier molecular flexibility index (Phi) is 2.79. The van der Waals surface area contributed by atoms with Crippen molar-refractivity contribution in [1.82, 2.24) is 0 Å². The molecule has 0 aliphatic carbocycles. The van der Waals surface area contributed by atoms with E-state index in [-0.39, 0.29) is 16.3 Å². The van der Waals surface area contributed by atoms with E-state index in [0.717, 1.165) is 12.1 Å². The molecule has 2 aromatic rings. The number of hydrogen-bond donors (Lipinski definition) is 1. The number of phenols is 1. The van der Waals surface area contributed by atoms with Gasteiger partial charge in [-0.25, -0.2) is 8.78 Å². The van der Waals surface area contributed by atoms with Gasteiger partial charge in [0.2, 0.25) is 0 Å². The molecule has 82 valence electrons. The Balaban J connectivity index is 2.59. The van der Waals surface area contributed by atoms with Crippen LogP contribution in [0.3, 0.4) is 0 Å². The predicted molar refractivity (Wildman–Crippen MR) is 58.5 cm³/mol. The average molecular weight is 241 g/mol. The Bertz CT molecular complexity index is 491. The van der Waals surface area contributed by atoms with Crippen molar-refractivity contribution in [2.45, 2.75) is 0 Å². The monoisotopic (exact) mass is 240 g/mol. The molecule has 2 aromatic carbocycles. The highest BCUT2D eigenvalue weighted by Crippen LogP contribution is 2.31. The summed E-state index contributed by atoms with van der Waals surface area (Å²) >= 11 is 5.81. The van der Waals surface area contributed by atoms with Crippen LogP contribution in [-0.4, -0.2) is 5.11 Å². The third kappa shape index (κ3) is 1.99. The van der Waals surface area contributed by atoms with Gasteiger partial charge in [0.15, 0.2) is 0 Å². The first kappa shape index (κ1) is 10.9. The van der Waals surface area contributed by atoms with Crippen molar-refractivity contribution in [1.29, 1.82) is 0 Å². The van der Waals surface area contributed by atoms with Crippen molar-refractivity contribution in [3.63, 3.8) is 0 Å². The molecule has 0 amide bonds. The van der Waals surface area contributed by atoms with E-state index in [9.17, 15) is 8.78 Å². The van der Waals surface area contributed by atoms with Crippen LogP contribution in [-0.2, 0) is 0 Å². The van der Waals surface area contributed by atoms with Gasteiger partial charge in [-0.05, 0) is 30.3 Å². The first-order valence-electron chi connectivity index (χ1n) is 4.52. The van der Waals surface area contributed by atoms with Crippen molar-refractivity contribution in [2.75, 3.05) is 0 Å². The molecule has 0 saturated carbocycles. The summed E-state index contributed by atoms with van der Waals surface area (Å²) in [7, 11) is 0. The van der Waals surface area contributed by atoms with Gasteiger partial charge in [-0.15, -0.1) is 0 Å². The predicted octanol–water partition coefficient (Wildman–Crippen LogP) is 3.99. The lowest BCUT2D eigenvalue weighted by Gasteiger charge is -2.06. The Hall–Kier alpha value is -1.61. The lowest BCUT2D eigenvalue weighted by Crippen LogP contribution is -1.86. The van der Waals surface area contributed by atoms with E-state index in [1.807, 2.05) is 0 Å². The smallest absolute Gasteiger partial charge is 0.134 e. The summed E-state index contributed by atoms with van der Waals surface area (Å²) in [6, 6.07) is 7.43. The minimum atomic E-state index is -0.603. The lowest BCUT2D eigenvalue weighted by atomic mass is 10.0. The Morgan fingerprint density at radius 3 is 2.25 bits per heavy atom. The second-order valence-corrected chi connectivity index (χ2v) is 3.70. The number of hydrogen-bond acceptors (Lipinski definition) is 1. The van der Waals surface area contributed by atoms with Crippen LogP contribution in [0.25, 0.3) is 11.1 Å². The topological polar surface area (TPSA) is 20.2 Å².